The Bertz CT molecular complexity index is 399. The van der Waals surface area contributed by atoms with E-state index in [0.29, 0.717) is 6.10 Å². The van der Waals surface area contributed by atoms with Crippen LogP contribution in [-0.4, -0.2) is 25.9 Å². The Hall–Kier alpha value is -1.57. The van der Waals surface area contributed by atoms with E-state index in [4.69, 9.17) is 14.7 Å². The number of hydrogen-bond donors (Lipinski definition) is 1. The molecule has 19 heavy (non-hydrogen) atoms. The Balaban J connectivity index is 2.20. The lowest BCUT2D eigenvalue weighted by Crippen LogP contribution is -2.17. The molecule has 0 amide bonds. The molecule has 0 aromatic heterocycles. The second kappa shape index (κ2) is 9.37. The van der Waals surface area contributed by atoms with Gasteiger partial charge in [0.2, 0.25) is 0 Å². The van der Waals surface area contributed by atoms with Gasteiger partial charge in [-0.15, -0.1) is 0 Å². The van der Waals surface area contributed by atoms with Crippen molar-refractivity contribution >= 4 is 0 Å². The van der Waals surface area contributed by atoms with Crippen LogP contribution in [0.3, 0.4) is 0 Å². The Morgan fingerprint density at radius 1 is 1.37 bits per heavy atom. The second-order valence-corrected chi connectivity index (χ2v) is 4.54. The number of nitrogens with zero attached hydrogens (tertiary/aromatic N) is 1. The highest BCUT2D eigenvalue weighted by Crippen LogP contribution is 2.12. The molecule has 4 heteroatoms. The maximum Gasteiger partial charge on any atom is 0.174 e. The molecule has 0 heterocycles. The van der Waals surface area contributed by atoms with Crippen LogP contribution in [0.1, 0.15) is 25.8 Å². The molecule has 1 aromatic rings. The van der Waals surface area contributed by atoms with E-state index in [1.807, 2.05) is 44.2 Å². The van der Waals surface area contributed by atoms with Gasteiger partial charge in [-0.3, -0.25) is 0 Å². The summed E-state index contributed by atoms with van der Waals surface area (Å²) >= 11 is 0. The van der Waals surface area contributed by atoms with Gasteiger partial charge < -0.3 is 14.8 Å². The van der Waals surface area contributed by atoms with Crippen molar-refractivity contribution in [2.45, 2.75) is 32.9 Å². The third-order valence-electron chi connectivity index (χ3n) is 2.48. The lowest BCUT2D eigenvalue weighted by Gasteiger charge is -2.09. The summed E-state index contributed by atoms with van der Waals surface area (Å²) in [4.78, 5) is 0. The standard InChI is InChI=1S/C15H22N2O2/c1-13(2)18-9-4-8-17-12-14-5-3-6-15(11-14)19-10-7-16/h3,5-6,11,13,17H,4,8-10,12H2,1-2H3. The first-order valence-electron chi connectivity index (χ1n) is 6.63. The van der Waals surface area contributed by atoms with Gasteiger partial charge in [0.15, 0.2) is 6.61 Å². The molecule has 0 fully saturated rings. The van der Waals surface area contributed by atoms with Gasteiger partial charge in [-0.1, -0.05) is 12.1 Å². The van der Waals surface area contributed by atoms with Crippen LogP contribution < -0.4 is 10.1 Å². The third kappa shape index (κ3) is 7.45. The van der Waals surface area contributed by atoms with Gasteiger partial charge in [0.05, 0.1) is 6.10 Å². The number of nitrogens with one attached hydrogen (secondary N) is 1. The summed E-state index contributed by atoms with van der Waals surface area (Å²) in [6.45, 7) is 6.68. The highest BCUT2D eigenvalue weighted by Gasteiger charge is 1.97. The fraction of sp³-hybridized carbons (Fsp3) is 0.533. The monoisotopic (exact) mass is 262 g/mol. The molecule has 0 aliphatic heterocycles. The predicted molar refractivity (Wildman–Crippen MR) is 75.0 cm³/mol. The van der Waals surface area contributed by atoms with Crippen molar-refractivity contribution in [2.75, 3.05) is 19.8 Å². The summed E-state index contributed by atoms with van der Waals surface area (Å²) in [7, 11) is 0. The van der Waals surface area contributed by atoms with Gasteiger partial charge in [0, 0.05) is 13.2 Å². The summed E-state index contributed by atoms with van der Waals surface area (Å²) in [5.74, 6) is 0.740. The van der Waals surface area contributed by atoms with Crippen LogP contribution in [0, 0.1) is 11.3 Å². The highest BCUT2D eigenvalue weighted by molar-refractivity contribution is 5.28. The van der Waals surface area contributed by atoms with E-state index < -0.39 is 0 Å². The summed E-state index contributed by atoms with van der Waals surface area (Å²) < 4.78 is 10.7. The topological polar surface area (TPSA) is 54.3 Å². The van der Waals surface area contributed by atoms with Crippen molar-refractivity contribution < 1.29 is 9.47 Å². The smallest absolute Gasteiger partial charge is 0.174 e. The zero-order valence-corrected chi connectivity index (χ0v) is 11.7. The average Bonchev–Trinajstić information content (AvgIpc) is 2.40. The van der Waals surface area contributed by atoms with Crippen LogP contribution in [-0.2, 0) is 11.3 Å². The quantitative estimate of drug-likeness (QED) is 0.695. The Kier molecular flexibility index (Phi) is 7.64. The van der Waals surface area contributed by atoms with Crippen molar-refractivity contribution in [2.24, 2.45) is 0 Å². The molecule has 104 valence electrons. The van der Waals surface area contributed by atoms with Crippen molar-refractivity contribution in [3.8, 4) is 11.8 Å². The van der Waals surface area contributed by atoms with Gasteiger partial charge in [-0.2, -0.15) is 5.26 Å². The summed E-state index contributed by atoms with van der Waals surface area (Å²) in [6.07, 6.45) is 1.30. The number of benzene rings is 1. The highest BCUT2D eigenvalue weighted by atomic mass is 16.5. The van der Waals surface area contributed by atoms with Gasteiger partial charge in [-0.05, 0) is 44.5 Å². The van der Waals surface area contributed by atoms with Crippen LogP contribution in [0.4, 0.5) is 0 Å². The maximum atomic E-state index is 8.46. The SMILES string of the molecule is CC(C)OCCCNCc1cccc(OCC#N)c1. The number of ether oxygens (including phenoxy) is 2. The zero-order valence-electron chi connectivity index (χ0n) is 11.7. The minimum atomic E-state index is 0.0867. The minimum absolute atomic E-state index is 0.0867. The summed E-state index contributed by atoms with van der Waals surface area (Å²) in [6, 6.07) is 9.75. The van der Waals surface area contributed by atoms with Gasteiger partial charge in [0.1, 0.15) is 11.8 Å². The molecule has 0 aliphatic carbocycles. The molecule has 0 radical (unpaired) electrons. The lowest BCUT2D eigenvalue weighted by molar-refractivity contribution is 0.0770. The summed E-state index contributed by atoms with van der Waals surface area (Å²) in [5, 5.41) is 11.8. The fourth-order valence-electron chi connectivity index (χ4n) is 1.61. The molecule has 1 rings (SSSR count). The first-order valence-corrected chi connectivity index (χ1v) is 6.63. The second-order valence-electron chi connectivity index (χ2n) is 4.54. The van der Waals surface area contributed by atoms with Crippen LogP contribution >= 0.6 is 0 Å². The van der Waals surface area contributed by atoms with Crippen molar-refractivity contribution in [3.05, 3.63) is 29.8 Å². The Morgan fingerprint density at radius 2 is 2.21 bits per heavy atom. The number of nitriles is 1. The molecule has 4 nitrogen and oxygen atoms in total. The van der Waals surface area contributed by atoms with Crippen molar-refractivity contribution in [3.63, 3.8) is 0 Å². The first kappa shape index (κ1) is 15.5. The largest absolute Gasteiger partial charge is 0.479 e. The van der Waals surface area contributed by atoms with E-state index >= 15 is 0 Å². The Labute approximate surface area is 115 Å². The Morgan fingerprint density at radius 3 is 2.95 bits per heavy atom. The third-order valence-corrected chi connectivity index (χ3v) is 2.48. The molecular formula is C15H22N2O2. The fourth-order valence-corrected chi connectivity index (χ4v) is 1.61. The molecule has 0 unspecified atom stereocenters. The lowest BCUT2D eigenvalue weighted by atomic mass is 10.2. The average molecular weight is 262 g/mol. The molecule has 0 spiro atoms. The van der Waals surface area contributed by atoms with Crippen LogP contribution in [0.15, 0.2) is 24.3 Å². The molecule has 1 aromatic carbocycles. The van der Waals surface area contributed by atoms with Gasteiger partial charge >= 0.3 is 0 Å². The van der Waals surface area contributed by atoms with E-state index in [9.17, 15) is 0 Å². The van der Waals surface area contributed by atoms with E-state index in [0.717, 1.165) is 37.4 Å². The zero-order chi connectivity index (χ0) is 13.9. The molecule has 1 N–H and O–H groups in total. The van der Waals surface area contributed by atoms with E-state index in [2.05, 4.69) is 5.32 Å². The minimum Gasteiger partial charge on any atom is -0.479 e. The molecule has 0 aliphatic rings. The molecular weight excluding hydrogens is 240 g/mol. The molecule has 0 atom stereocenters. The predicted octanol–water partition coefficient (Wildman–Crippen LogP) is 2.49. The van der Waals surface area contributed by atoms with Crippen LogP contribution in [0.5, 0.6) is 5.75 Å². The van der Waals surface area contributed by atoms with Crippen molar-refractivity contribution in [1.29, 1.82) is 5.26 Å². The first-order chi connectivity index (χ1) is 9.22. The van der Waals surface area contributed by atoms with Crippen LogP contribution in [0.25, 0.3) is 0 Å². The van der Waals surface area contributed by atoms with E-state index in [-0.39, 0.29) is 6.61 Å². The van der Waals surface area contributed by atoms with E-state index in [1.165, 1.54) is 0 Å². The molecule has 0 bridgehead atoms. The maximum absolute atomic E-state index is 8.46. The van der Waals surface area contributed by atoms with E-state index in [1.54, 1.807) is 0 Å². The number of hydrogen-bond acceptors (Lipinski definition) is 4. The summed E-state index contributed by atoms with van der Waals surface area (Å²) in [5.41, 5.74) is 1.15. The van der Waals surface area contributed by atoms with Crippen LogP contribution in [0.2, 0.25) is 0 Å². The van der Waals surface area contributed by atoms with Gasteiger partial charge in [0.25, 0.3) is 0 Å². The van der Waals surface area contributed by atoms with Crippen molar-refractivity contribution in [1.82, 2.24) is 5.32 Å². The number of rotatable bonds is 9. The normalized spacial score (nSPS) is 10.4. The molecule has 0 saturated heterocycles. The van der Waals surface area contributed by atoms with Gasteiger partial charge in [-0.25, -0.2) is 0 Å². The molecule has 0 saturated carbocycles.